The van der Waals surface area contributed by atoms with Crippen molar-refractivity contribution >= 4 is 56.6 Å². The van der Waals surface area contributed by atoms with E-state index in [9.17, 15) is 4.79 Å². The molecule has 0 aliphatic carbocycles. The van der Waals surface area contributed by atoms with Gasteiger partial charge in [-0.25, -0.2) is 14.9 Å². The second-order valence-electron chi connectivity index (χ2n) is 6.24. The number of nitrogens with zero attached hydrogens (tertiary/aromatic N) is 4. The number of amides is 1. The van der Waals surface area contributed by atoms with Crippen LogP contribution in [0.4, 0.5) is 11.6 Å². The smallest absolute Gasteiger partial charge is 0.248 e. The number of halogens is 3. The normalized spacial score (nSPS) is 10.8. The first-order chi connectivity index (χ1) is 14.5. The second kappa shape index (κ2) is 8.55. The van der Waals surface area contributed by atoms with E-state index in [1.54, 1.807) is 30.5 Å². The quantitative estimate of drug-likeness (QED) is 0.315. The van der Waals surface area contributed by atoms with Gasteiger partial charge in [0, 0.05) is 23.2 Å². The van der Waals surface area contributed by atoms with Gasteiger partial charge >= 0.3 is 0 Å². The zero-order chi connectivity index (χ0) is 21.3. The SMILES string of the molecule is CC(=O)N(c1onc(-c2cccc(Br)c2)c1-c1ccncn1)c1c(Cl)cccc1Cl. The van der Waals surface area contributed by atoms with E-state index in [-0.39, 0.29) is 11.8 Å². The molecule has 0 bridgehead atoms. The largest absolute Gasteiger partial charge is 0.336 e. The summed E-state index contributed by atoms with van der Waals surface area (Å²) in [6, 6.07) is 14.3. The van der Waals surface area contributed by atoms with Gasteiger partial charge in [0.1, 0.15) is 12.0 Å². The lowest BCUT2D eigenvalue weighted by atomic mass is 10.0. The van der Waals surface area contributed by atoms with Gasteiger partial charge in [-0.15, -0.1) is 0 Å². The van der Waals surface area contributed by atoms with Crippen LogP contribution in [0.5, 0.6) is 0 Å². The first-order valence-electron chi connectivity index (χ1n) is 8.74. The van der Waals surface area contributed by atoms with Crippen molar-refractivity contribution in [3.05, 3.63) is 75.6 Å². The van der Waals surface area contributed by atoms with Crippen LogP contribution < -0.4 is 4.90 Å². The fourth-order valence-electron chi connectivity index (χ4n) is 3.04. The van der Waals surface area contributed by atoms with Crippen molar-refractivity contribution in [3.8, 4) is 22.5 Å². The topological polar surface area (TPSA) is 72.1 Å². The van der Waals surface area contributed by atoms with E-state index in [0.717, 1.165) is 10.0 Å². The molecule has 30 heavy (non-hydrogen) atoms. The molecular formula is C21H13BrCl2N4O2. The van der Waals surface area contributed by atoms with Crippen molar-refractivity contribution in [2.24, 2.45) is 0 Å². The molecule has 2 aromatic carbocycles. The predicted molar refractivity (Wildman–Crippen MR) is 120 cm³/mol. The highest BCUT2D eigenvalue weighted by molar-refractivity contribution is 9.10. The van der Waals surface area contributed by atoms with E-state index in [4.69, 9.17) is 27.7 Å². The molecule has 4 aromatic rings. The Balaban J connectivity index is 2.01. The van der Waals surface area contributed by atoms with Crippen molar-refractivity contribution in [1.82, 2.24) is 15.1 Å². The fourth-order valence-corrected chi connectivity index (χ4v) is 4.01. The van der Waals surface area contributed by atoms with Crippen molar-refractivity contribution in [2.45, 2.75) is 6.92 Å². The summed E-state index contributed by atoms with van der Waals surface area (Å²) in [5, 5.41) is 4.85. The van der Waals surface area contributed by atoms with Crippen LogP contribution in [-0.2, 0) is 4.79 Å². The third-order valence-corrected chi connectivity index (χ3v) is 5.39. The number of para-hydroxylation sites is 1. The minimum absolute atomic E-state index is 0.158. The molecular weight excluding hydrogens is 491 g/mol. The summed E-state index contributed by atoms with van der Waals surface area (Å²) < 4.78 is 6.57. The van der Waals surface area contributed by atoms with Crippen LogP contribution in [0, 0.1) is 0 Å². The maximum Gasteiger partial charge on any atom is 0.248 e. The van der Waals surface area contributed by atoms with Gasteiger partial charge in [0.15, 0.2) is 0 Å². The van der Waals surface area contributed by atoms with Crippen molar-refractivity contribution in [3.63, 3.8) is 0 Å². The summed E-state index contributed by atoms with van der Waals surface area (Å²) in [5.41, 5.74) is 2.65. The van der Waals surface area contributed by atoms with Crippen LogP contribution in [0.3, 0.4) is 0 Å². The molecule has 2 heterocycles. The van der Waals surface area contributed by atoms with E-state index in [1.807, 2.05) is 24.3 Å². The summed E-state index contributed by atoms with van der Waals surface area (Å²) in [6.07, 6.45) is 3.02. The number of rotatable bonds is 4. The number of hydrogen-bond acceptors (Lipinski definition) is 5. The Bertz CT molecular complexity index is 1210. The average molecular weight is 504 g/mol. The lowest BCUT2D eigenvalue weighted by Crippen LogP contribution is -2.23. The first kappa shape index (κ1) is 20.5. The Hall–Kier alpha value is -2.74. The lowest BCUT2D eigenvalue weighted by molar-refractivity contribution is -0.116. The van der Waals surface area contributed by atoms with E-state index in [2.05, 4.69) is 31.1 Å². The Kier molecular flexibility index (Phi) is 5.85. The molecule has 0 radical (unpaired) electrons. The molecule has 0 spiro atoms. The molecule has 0 unspecified atom stereocenters. The molecule has 0 fully saturated rings. The van der Waals surface area contributed by atoms with E-state index in [0.29, 0.717) is 32.7 Å². The fraction of sp³-hybridized carbons (Fsp3) is 0.0476. The van der Waals surface area contributed by atoms with Crippen LogP contribution in [0.1, 0.15) is 6.92 Å². The van der Waals surface area contributed by atoms with Gasteiger partial charge in [-0.05, 0) is 30.3 Å². The highest BCUT2D eigenvalue weighted by Gasteiger charge is 2.30. The van der Waals surface area contributed by atoms with Gasteiger partial charge in [0.2, 0.25) is 11.8 Å². The van der Waals surface area contributed by atoms with E-state index >= 15 is 0 Å². The van der Waals surface area contributed by atoms with Crippen LogP contribution in [0.2, 0.25) is 10.0 Å². The molecule has 0 saturated carbocycles. The average Bonchev–Trinajstić information content (AvgIpc) is 3.15. The number of anilines is 2. The van der Waals surface area contributed by atoms with Crippen LogP contribution >= 0.6 is 39.1 Å². The van der Waals surface area contributed by atoms with Crippen molar-refractivity contribution in [2.75, 3.05) is 4.90 Å². The summed E-state index contributed by atoms with van der Waals surface area (Å²) in [7, 11) is 0. The predicted octanol–water partition coefficient (Wildman–Crippen LogP) is 6.55. The van der Waals surface area contributed by atoms with Gasteiger partial charge in [0.25, 0.3) is 0 Å². The third kappa shape index (κ3) is 3.84. The summed E-state index contributed by atoms with van der Waals surface area (Å²) in [4.78, 5) is 22.3. The van der Waals surface area contributed by atoms with Crippen molar-refractivity contribution < 1.29 is 9.32 Å². The van der Waals surface area contributed by atoms with Gasteiger partial charge in [-0.3, -0.25) is 4.79 Å². The van der Waals surface area contributed by atoms with Gasteiger partial charge in [0.05, 0.1) is 27.0 Å². The monoisotopic (exact) mass is 502 g/mol. The molecule has 150 valence electrons. The number of benzene rings is 2. The highest BCUT2D eigenvalue weighted by Crippen LogP contribution is 2.45. The molecule has 0 saturated heterocycles. The molecule has 6 nitrogen and oxygen atoms in total. The molecule has 4 rings (SSSR count). The summed E-state index contributed by atoms with van der Waals surface area (Å²) in [5.74, 6) is -0.191. The number of hydrogen-bond donors (Lipinski definition) is 0. The Morgan fingerprint density at radius 1 is 1.10 bits per heavy atom. The minimum atomic E-state index is -0.350. The van der Waals surface area contributed by atoms with E-state index < -0.39 is 0 Å². The number of aromatic nitrogens is 3. The molecule has 9 heteroatoms. The van der Waals surface area contributed by atoms with Crippen molar-refractivity contribution in [1.29, 1.82) is 0 Å². The maximum absolute atomic E-state index is 12.7. The first-order valence-corrected chi connectivity index (χ1v) is 10.3. The van der Waals surface area contributed by atoms with Gasteiger partial charge in [-0.1, -0.05) is 62.5 Å². The Morgan fingerprint density at radius 2 is 1.83 bits per heavy atom. The number of carbonyl (C=O) groups excluding carboxylic acids is 1. The van der Waals surface area contributed by atoms with Crippen LogP contribution in [0.15, 0.2) is 70.1 Å². The lowest BCUT2D eigenvalue weighted by Gasteiger charge is -2.21. The third-order valence-electron chi connectivity index (χ3n) is 4.29. The van der Waals surface area contributed by atoms with Gasteiger partial charge < -0.3 is 4.52 Å². The zero-order valence-electron chi connectivity index (χ0n) is 15.5. The highest BCUT2D eigenvalue weighted by atomic mass is 79.9. The molecule has 0 aliphatic heterocycles. The molecule has 0 N–H and O–H groups in total. The van der Waals surface area contributed by atoms with Crippen LogP contribution in [-0.4, -0.2) is 21.0 Å². The Labute approximate surface area is 190 Å². The van der Waals surface area contributed by atoms with E-state index in [1.165, 1.54) is 18.2 Å². The molecule has 2 aromatic heterocycles. The zero-order valence-corrected chi connectivity index (χ0v) is 18.6. The Morgan fingerprint density at radius 3 is 2.47 bits per heavy atom. The van der Waals surface area contributed by atoms with Gasteiger partial charge in [-0.2, -0.15) is 0 Å². The molecule has 0 atom stereocenters. The summed E-state index contributed by atoms with van der Waals surface area (Å²) >= 11 is 16.2. The minimum Gasteiger partial charge on any atom is -0.336 e. The standard InChI is InChI=1S/C21H13BrCl2N4O2/c1-12(29)28(20-15(23)6-3-7-16(20)24)21-18(17-8-9-25-11-26-17)19(27-30-21)13-4-2-5-14(22)10-13/h2-11H,1H3. The second-order valence-corrected chi connectivity index (χ2v) is 7.97. The van der Waals surface area contributed by atoms with Crippen LogP contribution in [0.25, 0.3) is 22.5 Å². The maximum atomic E-state index is 12.7. The summed E-state index contributed by atoms with van der Waals surface area (Å²) in [6.45, 7) is 1.39. The molecule has 0 aliphatic rings. The number of carbonyl (C=O) groups is 1. The molecule has 1 amide bonds.